The maximum absolute atomic E-state index is 12.8. The minimum absolute atomic E-state index is 0.0331. The molecule has 1 heterocycles. The Morgan fingerprint density at radius 3 is 2.20 bits per heavy atom. The molecule has 0 spiro atoms. The molecule has 0 saturated carbocycles. The first kappa shape index (κ1) is 17.4. The van der Waals surface area contributed by atoms with Crippen molar-refractivity contribution in [3.05, 3.63) is 16.7 Å². The second-order valence-corrected chi connectivity index (χ2v) is 8.47. The highest BCUT2D eigenvalue weighted by molar-refractivity contribution is 9.10. The highest BCUT2D eigenvalue weighted by Gasteiger charge is 2.28. The van der Waals surface area contributed by atoms with E-state index in [4.69, 9.17) is 5.73 Å². The summed E-state index contributed by atoms with van der Waals surface area (Å²) in [6.45, 7) is 8.90. The van der Waals surface area contributed by atoms with Crippen molar-refractivity contribution in [3.63, 3.8) is 0 Å². The molecular formula is C13H22BrN3O2S. The van der Waals surface area contributed by atoms with Crippen molar-refractivity contribution in [3.8, 4) is 0 Å². The van der Waals surface area contributed by atoms with Crippen molar-refractivity contribution in [1.29, 1.82) is 0 Å². The van der Waals surface area contributed by atoms with E-state index in [0.29, 0.717) is 17.6 Å². The minimum atomic E-state index is -3.63. The SMILES string of the molecule is CC(C)CN(CC(C)C)S(=O)(=O)c1cc(Br)cnc1N. The van der Waals surface area contributed by atoms with E-state index in [1.54, 1.807) is 0 Å². The summed E-state index contributed by atoms with van der Waals surface area (Å²) in [7, 11) is -3.63. The third-order valence-electron chi connectivity index (χ3n) is 2.60. The average molecular weight is 364 g/mol. The van der Waals surface area contributed by atoms with Gasteiger partial charge in [0.15, 0.2) is 0 Å². The summed E-state index contributed by atoms with van der Waals surface area (Å²) in [6.07, 6.45) is 1.49. The van der Waals surface area contributed by atoms with Gasteiger partial charge in [-0.15, -0.1) is 0 Å². The number of sulfonamides is 1. The van der Waals surface area contributed by atoms with Gasteiger partial charge >= 0.3 is 0 Å². The molecule has 5 nitrogen and oxygen atoms in total. The van der Waals surface area contributed by atoms with Gasteiger partial charge in [0.25, 0.3) is 0 Å². The molecule has 0 aliphatic heterocycles. The van der Waals surface area contributed by atoms with Gasteiger partial charge < -0.3 is 5.73 Å². The molecule has 0 unspecified atom stereocenters. The zero-order valence-corrected chi connectivity index (χ0v) is 14.7. The van der Waals surface area contributed by atoms with Gasteiger partial charge in [-0.25, -0.2) is 13.4 Å². The van der Waals surface area contributed by atoms with Crippen LogP contribution in [-0.4, -0.2) is 30.8 Å². The summed E-state index contributed by atoms with van der Waals surface area (Å²) in [5.74, 6) is 0.514. The normalized spacial score (nSPS) is 12.6. The van der Waals surface area contributed by atoms with Crippen LogP contribution in [0.25, 0.3) is 0 Å². The topological polar surface area (TPSA) is 76.3 Å². The van der Waals surface area contributed by atoms with Crippen LogP contribution in [0.5, 0.6) is 0 Å². The second-order valence-electron chi connectivity index (χ2n) is 5.65. The number of pyridine rings is 1. The first-order valence-electron chi connectivity index (χ1n) is 6.55. The van der Waals surface area contributed by atoms with Gasteiger partial charge in [0.1, 0.15) is 10.7 Å². The van der Waals surface area contributed by atoms with E-state index in [1.807, 2.05) is 27.7 Å². The lowest BCUT2D eigenvalue weighted by molar-refractivity contribution is 0.333. The lowest BCUT2D eigenvalue weighted by Gasteiger charge is -2.26. The predicted octanol–water partition coefficient (Wildman–Crippen LogP) is 2.73. The largest absolute Gasteiger partial charge is 0.383 e. The average Bonchev–Trinajstić information content (AvgIpc) is 2.30. The van der Waals surface area contributed by atoms with E-state index in [-0.39, 0.29) is 22.5 Å². The maximum Gasteiger partial charge on any atom is 0.246 e. The molecule has 1 rings (SSSR count). The molecule has 0 amide bonds. The standard InChI is InChI=1S/C13H22BrN3O2S/c1-9(2)7-17(8-10(3)4)20(18,19)12-5-11(14)6-16-13(12)15/h5-6,9-10H,7-8H2,1-4H3,(H2,15,16). The van der Waals surface area contributed by atoms with Crippen LogP contribution in [0.15, 0.2) is 21.6 Å². The fourth-order valence-electron chi connectivity index (χ4n) is 1.86. The highest BCUT2D eigenvalue weighted by atomic mass is 79.9. The number of hydrogen-bond acceptors (Lipinski definition) is 4. The van der Waals surface area contributed by atoms with Gasteiger partial charge in [0.05, 0.1) is 0 Å². The Hall–Kier alpha value is -0.660. The maximum atomic E-state index is 12.8. The fourth-order valence-corrected chi connectivity index (χ4v) is 4.20. The molecular weight excluding hydrogens is 342 g/mol. The van der Waals surface area contributed by atoms with Crippen LogP contribution < -0.4 is 5.73 Å². The van der Waals surface area contributed by atoms with Crippen molar-refractivity contribution in [2.24, 2.45) is 11.8 Å². The summed E-state index contributed by atoms with van der Waals surface area (Å²) in [5, 5.41) is 0. The fraction of sp³-hybridized carbons (Fsp3) is 0.615. The van der Waals surface area contributed by atoms with Crippen LogP contribution in [0.4, 0.5) is 5.82 Å². The van der Waals surface area contributed by atoms with E-state index in [9.17, 15) is 8.42 Å². The number of nitrogens with two attached hydrogens (primary N) is 1. The third kappa shape index (κ3) is 4.43. The molecule has 0 bridgehead atoms. The minimum Gasteiger partial charge on any atom is -0.383 e. The number of rotatable bonds is 6. The molecule has 7 heteroatoms. The van der Waals surface area contributed by atoms with Crippen LogP contribution in [0.3, 0.4) is 0 Å². The zero-order chi connectivity index (χ0) is 15.5. The van der Waals surface area contributed by atoms with Crippen molar-refractivity contribution < 1.29 is 8.42 Å². The van der Waals surface area contributed by atoms with Gasteiger partial charge in [-0.3, -0.25) is 0 Å². The van der Waals surface area contributed by atoms with Crippen molar-refractivity contribution in [1.82, 2.24) is 9.29 Å². The Balaban J connectivity index is 3.24. The molecule has 1 aromatic heterocycles. The Labute approximate surface area is 129 Å². The molecule has 0 aromatic carbocycles. The highest BCUT2D eigenvalue weighted by Crippen LogP contribution is 2.25. The van der Waals surface area contributed by atoms with E-state index in [2.05, 4.69) is 20.9 Å². The van der Waals surface area contributed by atoms with E-state index in [0.717, 1.165) is 0 Å². The number of nitrogen functional groups attached to an aromatic ring is 1. The van der Waals surface area contributed by atoms with Crippen LogP contribution >= 0.6 is 15.9 Å². The molecule has 0 atom stereocenters. The molecule has 0 radical (unpaired) electrons. The number of halogens is 1. The van der Waals surface area contributed by atoms with Crippen LogP contribution in [0, 0.1) is 11.8 Å². The summed E-state index contributed by atoms with van der Waals surface area (Å²) in [4.78, 5) is 3.97. The van der Waals surface area contributed by atoms with Gasteiger partial charge in [-0.2, -0.15) is 4.31 Å². The van der Waals surface area contributed by atoms with Crippen LogP contribution in [0.2, 0.25) is 0 Å². The molecule has 2 N–H and O–H groups in total. The summed E-state index contributed by atoms with van der Waals surface area (Å²) < 4.78 is 27.6. The first-order chi connectivity index (χ1) is 9.14. The van der Waals surface area contributed by atoms with Crippen LogP contribution in [0.1, 0.15) is 27.7 Å². The first-order valence-corrected chi connectivity index (χ1v) is 8.79. The molecule has 114 valence electrons. The van der Waals surface area contributed by atoms with E-state index >= 15 is 0 Å². The summed E-state index contributed by atoms with van der Waals surface area (Å²) >= 11 is 3.24. The number of aromatic nitrogens is 1. The Morgan fingerprint density at radius 1 is 1.25 bits per heavy atom. The van der Waals surface area contributed by atoms with Gasteiger partial charge in [0, 0.05) is 23.8 Å². The van der Waals surface area contributed by atoms with Crippen molar-refractivity contribution >= 4 is 31.8 Å². The van der Waals surface area contributed by atoms with Gasteiger partial charge in [-0.1, -0.05) is 27.7 Å². The smallest absolute Gasteiger partial charge is 0.246 e. The molecule has 1 aromatic rings. The summed E-state index contributed by atoms with van der Waals surface area (Å²) in [5.41, 5.74) is 5.74. The van der Waals surface area contributed by atoms with Gasteiger partial charge in [-0.05, 0) is 33.8 Å². The molecule has 0 saturated heterocycles. The molecule has 0 aliphatic rings. The molecule has 20 heavy (non-hydrogen) atoms. The van der Waals surface area contributed by atoms with E-state index < -0.39 is 10.0 Å². The van der Waals surface area contributed by atoms with Gasteiger partial charge in [0.2, 0.25) is 10.0 Å². The quantitative estimate of drug-likeness (QED) is 0.842. The van der Waals surface area contributed by atoms with Crippen LogP contribution in [-0.2, 0) is 10.0 Å². The Kier molecular flexibility index (Phi) is 5.97. The van der Waals surface area contributed by atoms with Crippen molar-refractivity contribution in [2.45, 2.75) is 32.6 Å². The monoisotopic (exact) mass is 363 g/mol. The molecule has 0 aliphatic carbocycles. The number of anilines is 1. The number of nitrogens with zero attached hydrogens (tertiary/aromatic N) is 2. The lowest BCUT2D eigenvalue weighted by atomic mass is 10.2. The second kappa shape index (κ2) is 6.87. The van der Waals surface area contributed by atoms with Crippen molar-refractivity contribution in [2.75, 3.05) is 18.8 Å². The summed E-state index contributed by atoms with van der Waals surface area (Å²) in [6, 6.07) is 1.51. The Morgan fingerprint density at radius 2 is 1.75 bits per heavy atom. The Bertz CT molecular complexity index is 549. The lowest BCUT2D eigenvalue weighted by Crippen LogP contribution is -2.37. The van der Waals surface area contributed by atoms with E-state index in [1.165, 1.54) is 16.6 Å². The number of hydrogen-bond donors (Lipinski definition) is 1. The molecule has 0 fully saturated rings. The zero-order valence-electron chi connectivity index (χ0n) is 12.3. The predicted molar refractivity (Wildman–Crippen MR) is 84.8 cm³/mol. The third-order valence-corrected chi connectivity index (χ3v) is 4.90.